The molecular weight excluding hydrogens is 350 g/mol. The smallest absolute Gasteiger partial charge is 0.318 e. The molecule has 0 heterocycles. The van der Waals surface area contributed by atoms with E-state index in [9.17, 15) is 13.2 Å². The van der Waals surface area contributed by atoms with E-state index < -0.39 is 22.5 Å². The summed E-state index contributed by atoms with van der Waals surface area (Å²) in [6, 6.07) is 4.31. The molecule has 0 atom stereocenters. The number of hydrogen-bond donors (Lipinski definition) is 1. The van der Waals surface area contributed by atoms with Crippen molar-refractivity contribution in [1.82, 2.24) is 4.31 Å². The van der Waals surface area contributed by atoms with Crippen molar-refractivity contribution in [3.05, 3.63) is 22.7 Å². The third-order valence-electron chi connectivity index (χ3n) is 2.55. The second kappa shape index (κ2) is 7.05. The molecule has 1 N–H and O–H groups in total. The molecule has 0 aliphatic heterocycles. The van der Waals surface area contributed by atoms with Crippen LogP contribution >= 0.6 is 15.9 Å². The average Bonchev–Trinajstić information content (AvgIpc) is 2.37. The Balaban J connectivity index is 3.18. The van der Waals surface area contributed by atoms with Crippen LogP contribution in [0.1, 0.15) is 13.3 Å². The minimum atomic E-state index is -3.84. The Bertz CT molecular complexity index is 588. The highest BCUT2D eigenvalue weighted by atomic mass is 79.9. The summed E-state index contributed by atoms with van der Waals surface area (Å²) in [5, 5.41) is 8.82. The Morgan fingerprint density at radius 2 is 2.10 bits per heavy atom. The van der Waals surface area contributed by atoms with Crippen LogP contribution in [-0.4, -0.2) is 44.0 Å². The molecule has 0 fully saturated rings. The zero-order chi connectivity index (χ0) is 15.3. The van der Waals surface area contributed by atoms with Gasteiger partial charge in [-0.2, -0.15) is 4.31 Å². The molecule has 0 unspecified atom stereocenters. The summed E-state index contributed by atoms with van der Waals surface area (Å²) >= 11 is 3.21. The molecule has 0 saturated heterocycles. The summed E-state index contributed by atoms with van der Waals surface area (Å²) in [6.45, 7) is 1.38. The number of ether oxygens (including phenoxy) is 1. The first-order valence-corrected chi connectivity index (χ1v) is 8.11. The number of sulfonamides is 1. The highest BCUT2D eigenvalue weighted by molar-refractivity contribution is 9.10. The predicted molar refractivity (Wildman–Crippen MR) is 77.4 cm³/mol. The molecule has 0 bridgehead atoms. The van der Waals surface area contributed by atoms with Gasteiger partial charge in [-0.05, 0) is 40.5 Å². The average molecular weight is 366 g/mol. The number of methoxy groups -OCH3 is 1. The number of benzene rings is 1. The fourth-order valence-electron chi connectivity index (χ4n) is 1.64. The summed E-state index contributed by atoms with van der Waals surface area (Å²) in [5.41, 5.74) is 0. The molecule has 1 rings (SSSR count). The minimum Gasteiger partial charge on any atom is -0.496 e. The van der Waals surface area contributed by atoms with Crippen LogP contribution in [0.5, 0.6) is 5.75 Å². The standard InChI is InChI=1S/C12H16BrNO5S/c1-3-6-14(8-12(15)16)20(17,18)9-4-5-11(19-2)10(13)7-9/h4-5,7H,3,6,8H2,1-2H3,(H,15,16). The number of aliphatic carboxylic acids is 1. The van der Waals surface area contributed by atoms with Crippen LogP contribution in [0.2, 0.25) is 0 Å². The van der Waals surface area contributed by atoms with Gasteiger partial charge in [0.25, 0.3) is 0 Å². The molecule has 112 valence electrons. The molecule has 0 spiro atoms. The SMILES string of the molecule is CCCN(CC(=O)O)S(=O)(=O)c1ccc(OC)c(Br)c1. The zero-order valence-electron chi connectivity index (χ0n) is 11.2. The maximum Gasteiger partial charge on any atom is 0.318 e. The molecule has 6 nitrogen and oxygen atoms in total. The van der Waals surface area contributed by atoms with Gasteiger partial charge >= 0.3 is 5.97 Å². The molecule has 0 aliphatic carbocycles. The maximum absolute atomic E-state index is 12.4. The lowest BCUT2D eigenvalue weighted by Gasteiger charge is -2.20. The van der Waals surface area contributed by atoms with Crippen LogP contribution in [-0.2, 0) is 14.8 Å². The van der Waals surface area contributed by atoms with Gasteiger partial charge in [0.05, 0.1) is 16.5 Å². The monoisotopic (exact) mass is 365 g/mol. The van der Waals surface area contributed by atoms with Gasteiger partial charge in [-0.1, -0.05) is 6.92 Å². The van der Waals surface area contributed by atoms with E-state index in [-0.39, 0.29) is 11.4 Å². The molecule has 0 amide bonds. The first-order chi connectivity index (χ1) is 9.32. The van der Waals surface area contributed by atoms with Crippen molar-refractivity contribution in [2.45, 2.75) is 18.2 Å². The number of carboxylic acids is 1. The van der Waals surface area contributed by atoms with Crippen molar-refractivity contribution in [1.29, 1.82) is 0 Å². The molecule has 0 saturated carbocycles. The first kappa shape index (κ1) is 16.9. The Morgan fingerprint density at radius 3 is 2.55 bits per heavy atom. The lowest BCUT2D eigenvalue weighted by Crippen LogP contribution is -2.36. The highest BCUT2D eigenvalue weighted by Crippen LogP contribution is 2.28. The van der Waals surface area contributed by atoms with Crippen LogP contribution in [0.4, 0.5) is 0 Å². The van der Waals surface area contributed by atoms with Crippen LogP contribution in [0, 0.1) is 0 Å². The van der Waals surface area contributed by atoms with Crippen LogP contribution < -0.4 is 4.74 Å². The molecule has 1 aromatic rings. The third kappa shape index (κ3) is 3.94. The van der Waals surface area contributed by atoms with E-state index in [0.717, 1.165) is 4.31 Å². The number of carbonyl (C=O) groups is 1. The van der Waals surface area contributed by atoms with E-state index >= 15 is 0 Å². The summed E-state index contributed by atoms with van der Waals surface area (Å²) in [6.07, 6.45) is 0.532. The summed E-state index contributed by atoms with van der Waals surface area (Å²) in [5.74, 6) is -0.682. The fourth-order valence-corrected chi connectivity index (χ4v) is 3.84. The second-order valence-electron chi connectivity index (χ2n) is 4.03. The Kier molecular flexibility index (Phi) is 5.97. The van der Waals surface area contributed by atoms with Crippen molar-refractivity contribution >= 4 is 31.9 Å². The van der Waals surface area contributed by atoms with E-state index in [1.807, 2.05) is 0 Å². The fraction of sp³-hybridized carbons (Fsp3) is 0.417. The Labute approximate surface area is 126 Å². The number of hydrogen-bond acceptors (Lipinski definition) is 4. The maximum atomic E-state index is 12.4. The summed E-state index contributed by atoms with van der Waals surface area (Å²) in [7, 11) is -2.36. The van der Waals surface area contributed by atoms with Gasteiger partial charge in [0.15, 0.2) is 0 Å². The zero-order valence-corrected chi connectivity index (χ0v) is 13.6. The van der Waals surface area contributed by atoms with Gasteiger partial charge in [0.1, 0.15) is 12.3 Å². The lowest BCUT2D eigenvalue weighted by atomic mass is 10.3. The van der Waals surface area contributed by atoms with Crippen LogP contribution in [0.3, 0.4) is 0 Å². The normalized spacial score (nSPS) is 11.6. The van der Waals surface area contributed by atoms with E-state index in [2.05, 4.69) is 15.9 Å². The Morgan fingerprint density at radius 1 is 1.45 bits per heavy atom. The predicted octanol–water partition coefficient (Wildman–Crippen LogP) is 1.94. The molecule has 0 aliphatic rings. The Hall–Kier alpha value is -1.12. The highest BCUT2D eigenvalue weighted by Gasteiger charge is 2.26. The van der Waals surface area contributed by atoms with Gasteiger partial charge in [-0.25, -0.2) is 8.42 Å². The number of halogens is 1. The molecule has 20 heavy (non-hydrogen) atoms. The lowest BCUT2D eigenvalue weighted by molar-refractivity contribution is -0.137. The first-order valence-electron chi connectivity index (χ1n) is 5.88. The van der Waals surface area contributed by atoms with Crippen molar-refractivity contribution in [3.8, 4) is 5.75 Å². The number of nitrogens with zero attached hydrogens (tertiary/aromatic N) is 1. The van der Waals surface area contributed by atoms with E-state index in [1.165, 1.54) is 25.3 Å². The topological polar surface area (TPSA) is 83.9 Å². The van der Waals surface area contributed by atoms with Gasteiger partial charge < -0.3 is 9.84 Å². The van der Waals surface area contributed by atoms with Crippen molar-refractivity contribution in [2.75, 3.05) is 20.2 Å². The molecule has 1 aromatic carbocycles. The van der Waals surface area contributed by atoms with Crippen LogP contribution in [0.15, 0.2) is 27.6 Å². The molecule has 8 heteroatoms. The quantitative estimate of drug-likeness (QED) is 0.797. The largest absolute Gasteiger partial charge is 0.496 e. The van der Waals surface area contributed by atoms with Gasteiger partial charge in [0, 0.05) is 6.54 Å². The minimum absolute atomic E-state index is 0.0277. The van der Waals surface area contributed by atoms with Gasteiger partial charge in [0.2, 0.25) is 10.0 Å². The summed E-state index contributed by atoms with van der Waals surface area (Å²) in [4.78, 5) is 10.8. The van der Waals surface area contributed by atoms with Gasteiger partial charge in [-0.15, -0.1) is 0 Å². The number of rotatable bonds is 7. The molecule has 0 aromatic heterocycles. The molecular formula is C12H16BrNO5S. The van der Waals surface area contributed by atoms with Crippen LogP contribution in [0.25, 0.3) is 0 Å². The summed E-state index contributed by atoms with van der Waals surface area (Å²) < 4.78 is 31.3. The van der Waals surface area contributed by atoms with Crippen molar-refractivity contribution in [3.63, 3.8) is 0 Å². The van der Waals surface area contributed by atoms with E-state index in [4.69, 9.17) is 9.84 Å². The van der Waals surface area contributed by atoms with Gasteiger partial charge in [-0.3, -0.25) is 4.79 Å². The number of carboxylic acid groups (broad SMARTS) is 1. The van der Waals surface area contributed by atoms with Crippen molar-refractivity contribution in [2.24, 2.45) is 0 Å². The van der Waals surface area contributed by atoms with E-state index in [1.54, 1.807) is 6.92 Å². The second-order valence-corrected chi connectivity index (χ2v) is 6.82. The van der Waals surface area contributed by atoms with Crippen molar-refractivity contribution < 1.29 is 23.1 Å². The third-order valence-corrected chi connectivity index (χ3v) is 5.01. The van der Waals surface area contributed by atoms with E-state index in [0.29, 0.717) is 16.6 Å². The molecule has 0 radical (unpaired) electrons.